The molecule has 0 spiro atoms. The first-order chi connectivity index (χ1) is 11.9. The van der Waals surface area contributed by atoms with Crippen LogP contribution in [-0.2, 0) is 21.1 Å². The molecule has 2 aliphatic rings. The van der Waals surface area contributed by atoms with E-state index in [1.807, 2.05) is 35.2 Å². The van der Waals surface area contributed by atoms with Crippen LogP contribution in [0.2, 0.25) is 0 Å². The van der Waals surface area contributed by atoms with Crippen LogP contribution < -0.4 is 0 Å². The van der Waals surface area contributed by atoms with E-state index in [1.54, 1.807) is 0 Å². The molecule has 25 heavy (non-hydrogen) atoms. The van der Waals surface area contributed by atoms with Crippen molar-refractivity contribution >= 4 is 15.7 Å². The summed E-state index contributed by atoms with van der Waals surface area (Å²) in [4.78, 5) is 14.5. The molecule has 0 bridgehead atoms. The fraction of sp³-hybridized carbons (Fsp3) is 0.632. The van der Waals surface area contributed by atoms with Gasteiger partial charge in [-0.2, -0.15) is 0 Å². The quantitative estimate of drug-likeness (QED) is 0.880. The molecule has 5 nitrogen and oxygen atoms in total. The van der Waals surface area contributed by atoms with Crippen LogP contribution in [-0.4, -0.2) is 55.0 Å². The van der Waals surface area contributed by atoms with Gasteiger partial charge in [-0.05, 0) is 43.6 Å². The lowest BCUT2D eigenvalue weighted by atomic mass is 9.87. The number of carbonyl (C=O) groups is 1. The highest BCUT2D eigenvalue weighted by Crippen LogP contribution is 2.27. The molecule has 1 unspecified atom stereocenters. The Hall–Kier alpha value is -1.40. The van der Waals surface area contributed by atoms with Gasteiger partial charge in [0, 0.05) is 19.0 Å². The lowest BCUT2D eigenvalue weighted by Crippen LogP contribution is -2.45. The maximum Gasteiger partial charge on any atom is 0.225 e. The number of rotatable bonds is 4. The summed E-state index contributed by atoms with van der Waals surface area (Å²) in [5.74, 6) is 0.446. The predicted octanol–water partition coefficient (Wildman–Crippen LogP) is 1.65. The summed E-state index contributed by atoms with van der Waals surface area (Å²) in [5.41, 5.74) is 1.14. The van der Waals surface area contributed by atoms with Gasteiger partial charge < -0.3 is 10.0 Å². The summed E-state index contributed by atoms with van der Waals surface area (Å²) < 4.78 is 23.0. The van der Waals surface area contributed by atoms with Crippen molar-refractivity contribution in [1.29, 1.82) is 0 Å². The topological polar surface area (TPSA) is 74.7 Å². The van der Waals surface area contributed by atoms with Crippen LogP contribution in [0.25, 0.3) is 0 Å². The lowest BCUT2D eigenvalue weighted by Gasteiger charge is -2.36. The zero-order chi connectivity index (χ0) is 17.9. The van der Waals surface area contributed by atoms with Crippen molar-refractivity contribution in [2.75, 3.05) is 24.6 Å². The molecule has 138 valence electrons. The van der Waals surface area contributed by atoms with Gasteiger partial charge in [0.15, 0.2) is 0 Å². The molecular weight excluding hydrogens is 338 g/mol. The van der Waals surface area contributed by atoms with Crippen molar-refractivity contribution < 1.29 is 18.3 Å². The predicted molar refractivity (Wildman–Crippen MR) is 96.8 cm³/mol. The molecule has 0 saturated carbocycles. The van der Waals surface area contributed by atoms with Crippen LogP contribution in [0.15, 0.2) is 30.3 Å². The van der Waals surface area contributed by atoms with Crippen molar-refractivity contribution in [2.24, 2.45) is 11.8 Å². The highest BCUT2D eigenvalue weighted by atomic mass is 32.2. The Morgan fingerprint density at radius 1 is 1.08 bits per heavy atom. The van der Waals surface area contributed by atoms with Crippen LogP contribution in [0.3, 0.4) is 0 Å². The van der Waals surface area contributed by atoms with Gasteiger partial charge in [0.25, 0.3) is 0 Å². The van der Waals surface area contributed by atoms with Gasteiger partial charge in [0.05, 0.1) is 17.6 Å². The van der Waals surface area contributed by atoms with Crippen molar-refractivity contribution in [1.82, 2.24) is 4.90 Å². The normalized spacial score (nSPS) is 23.3. The third kappa shape index (κ3) is 4.82. The minimum absolute atomic E-state index is 0.103. The Labute approximate surface area is 150 Å². The summed E-state index contributed by atoms with van der Waals surface area (Å²) in [7, 11) is -2.93. The number of hydrogen-bond acceptors (Lipinski definition) is 4. The summed E-state index contributed by atoms with van der Waals surface area (Å²) >= 11 is 0. The van der Waals surface area contributed by atoms with Gasteiger partial charge in [0.1, 0.15) is 9.84 Å². The molecule has 3 rings (SSSR count). The third-order valence-electron chi connectivity index (χ3n) is 5.59. The first-order valence-electron chi connectivity index (χ1n) is 9.16. The van der Waals surface area contributed by atoms with Crippen LogP contribution >= 0.6 is 0 Å². The van der Waals surface area contributed by atoms with Crippen LogP contribution in [0, 0.1) is 11.8 Å². The molecule has 2 saturated heterocycles. The lowest BCUT2D eigenvalue weighted by molar-refractivity contribution is -0.137. The number of nitrogens with zero attached hydrogens (tertiary/aromatic N) is 1. The second-order valence-corrected chi connectivity index (χ2v) is 9.65. The Morgan fingerprint density at radius 3 is 2.28 bits per heavy atom. The molecule has 6 heteroatoms. The molecule has 1 aromatic rings. The van der Waals surface area contributed by atoms with Crippen LogP contribution in [0.5, 0.6) is 0 Å². The SMILES string of the molecule is O=C(C1CCS(=O)(=O)CC1)N1CCC(C(O)Cc2ccccc2)CC1. The van der Waals surface area contributed by atoms with Crippen molar-refractivity contribution in [2.45, 2.75) is 38.2 Å². The van der Waals surface area contributed by atoms with Gasteiger partial charge in [0.2, 0.25) is 5.91 Å². The highest BCUT2D eigenvalue weighted by Gasteiger charge is 2.34. The zero-order valence-corrected chi connectivity index (χ0v) is 15.3. The van der Waals surface area contributed by atoms with Gasteiger partial charge in [-0.25, -0.2) is 8.42 Å². The molecule has 2 fully saturated rings. The molecule has 0 aliphatic carbocycles. The Bertz CT molecular complexity index is 667. The monoisotopic (exact) mass is 365 g/mol. The Balaban J connectivity index is 1.47. The molecule has 2 aliphatic heterocycles. The molecule has 1 amide bonds. The largest absolute Gasteiger partial charge is 0.392 e. The van der Waals surface area contributed by atoms with Gasteiger partial charge in [-0.15, -0.1) is 0 Å². The van der Waals surface area contributed by atoms with E-state index < -0.39 is 9.84 Å². The molecule has 2 heterocycles. The minimum atomic E-state index is -2.93. The molecule has 1 N–H and O–H groups in total. The molecule has 1 atom stereocenters. The van der Waals surface area contributed by atoms with Gasteiger partial charge >= 0.3 is 0 Å². The molecular formula is C19H27NO4S. The second-order valence-electron chi connectivity index (χ2n) is 7.35. The maximum atomic E-state index is 12.6. The fourth-order valence-corrected chi connectivity index (χ4v) is 5.41. The standard InChI is InChI=1S/C19H27NO4S/c21-18(14-15-4-2-1-3-5-15)16-6-10-20(11-7-16)19(22)17-8-12-25(23,24)13-9-17/h1-5,16-18,21H,6-14H2. The van der Waals surface area contributed by atoms with Crippen molar-refractivity contribution in [3.05, 3.63) is 35.9 Å². The number of benzene rings is 1. The van der Waals surface area contributed by atoms with Crippen LogP contribution in [0.1, 0.15) is 31.2 Å². The first-order valence-corrected chi connectivity index (χ1v) is 11.0. The first kappa shape index (κ1) is 18.4. The number of carbonyl (C=O) groups excluding carboxylic acids is 1. The number of piperidine rings is 1. The summed E-state index contributed by atoms with van der Waals surface area (Å²) in [6.45, 7) is 1.33. The van der Waals surface area contributed by atoms with E-state index >= 15 is 0 Å². The van der Waals surface area contributed by atoms with Gasteiger partial charge in [-0.1, -0.05) is 30.3 Å². The van der Waals surface area contributed by atoms with E-state index in [4.69, 9.17) is 0 Å². The number of hydrogen-bond donors (Lipinski definition) is 1. The summed E-state index contributed by atoms with van der Waals surface area (Å²) in [6.07, 6.45) is 2.81. The number of aliphatic hydroxyl groups is 1. The van der Waals surface area contributed by atoms with E-state index in [9.17, 15) is 18.3 Å². The van der Waals surface area contributed by atoms with E-state index in [-0.39, 0.29) is 35.4 Å². The Kier molecular flexibility index (Phi) is 5.79. The number of sulfone groups is 1. The third-order valence-corrected chi connectivity index (χ3v) is 7.30. The average Bonchev–Trinajstić information content (AvgIpc) is 2.62. The van der Waals surface area contributed by atoms with E-state index in [0.29, 0.717) is 32.4 Å². The second kappa shape index (κ2) is 7.87. The van der Waals surface area contributed by atoms with Crippen LogP contribution in [0.4, 0.5) is 0 Å². The van der Waals surface area contributed by atoms with E-state index in [2.05, 4.69) is 0 Å². The van der Waals surface area contributed by atoms with Gasteiger partial charge in [-0.3, -0.25) is 4.79 Å². The van der Waals surface area contributed by atoms with E-state index in [1.165, 1.54) is 0 Å². The summed E-state index contributed by atoms with van der Waals surface area (Å²) in [5, 5.41) is 10.5. The zero-order valence-electron chi connectivity index (χ0n) is 14.5. The fourth-order valence-electron chi connectivity index (χ4n) is 3.92. The number of aliphatic hydroxyl groups excluding tert-OH is 1. The molecule has 0 aromatic heterocycles. The molecule has 1 aromatic carbocycles. The smallest absolute Gasteiger partial charge is 0.225 e. The average molecular weight is 365 g/mol. The highest BCUT2D eigenvalue weighted by molar-refractivity contribution is 7.91. The Morgan fingerprint density at radius 2 is 1.68 bits per heavy atom. The molecule has 0 radical (unpaired) electrons. The van der Waals surface area contributed by atoms with Crippen molar-refractivity contribution in [3.8, 4) is 0 Å². The van der Waals surface area contributed by atoms with E-state index in [0.717, 1.165) is 18.4 Å². The minimum Gasteiger partial charge on any atom is -0.392 e. The number of likely N-dealkylation sites (tertiary alicyclic amines) is 1. The summed E-state index contributed by atoms with van der Waals surface area (Å²) in [6, 6.07) is 9.98. The maximum absolute atomic E-state index is 12.6. The van der Waals surface area contributed by atoms with Crippen molar-refractivity contribution in [3.63, 3.8) is 0 Å². The number of amides is 1.